The number of halogens is 2. The number of nitrogens with one attached hydrogen (secondary N) is 2. The fourth-order valence-corrected chi connectivity index (χ4v) is 3.07. The van der Waals surface area contributed by atoms with Crippen LogP contribution in [0.15, 0.2) is 0 Å². The van der Waals surface area contributed by atoms with Crippen LogP contribution in [-0.2, 0) is 11.2 Å². The maximum Gasteiger partial charge on any atom is 0.237 e. The lowest BCUT2D eigenvalue weighted by molar-refractivity contribution is -0.122. The van der Waals surface area contributed by atoms with Crippen molar-refractivity contribution in [2.24, 2.45) is 0 Å². The van der Waals surface area contributed by atoms with Gasteiger partial charge >= 0.3 is 0 Å². The highest BCUT2D eigenvalue weighted by atomic mass is 35.5. The maximum atomic E-state index is 11.7. The van der Waals surface area contributed by atoms with Crippen molar-refractivity contribution in [3.8, 4) is 0 Å². The average molecular weight is 326 g/mol. The molecule has 2 rings (SSSR count). The number of rotatable bonds is 4. The molecule has 1 saturated heterocycles. The van der Waals surface area contributed by atoms with Gasteiger partial charge in [-0.1, -0.05) is 0 Å². The second kappa shape index (κ2) is 8.74. The number of carbonyl (C=O) groups is 1. The largest absolute Gasteiger partial charge is 0.354 e. The molecule has 19 heavy (non-hydrogen) atoms. The number of carbonyl (C=O) groups excluding carboxylic acids is 1. The Labute approximate surface area is 130 Å². The predicted molar refractivity (Wildman–Crippen MR) is 83.8 cm³/mol. The first kappa shape index (κ1) is 18.6. The minimum Gasteiger partial charge on any atom is -0.354 e. The molecular formula is C12H21Cl2N3OS. The molecule has 1 amide bonds. The van der Waals surface area contributed by atoms with Crippen molar-refractivity contribution in [1.29, 1.82) is 0 Å². The van der Waals surface area contributed by atoms with Gasteiger partial charge in [0.2, 0.25) is 5.91 Å². The Balaban J connectivity index is 0.00000162. The Bertz CT molecular complexity index is 406. The van der Waals surface area contributed by atoms with E-state index in [0.717, 1.165) is 36.5 Å². The van der Waals surface area contributed by atoms with Crippen LogP contribution >= 0.6 is 36.2 Å². The predicted octanol–water partition coefficient (Wildman–Crippen LogP) is 2.01. The summed E-state index contributed by atoms with van der Waals surface area (Å²) in [6.45, 7) is 5.71. The molecule has 7 heteroatoms. The van der Waals surface area contributed by atoms with E-state index >= 15 is 0 Å². The highest BCUT2D eigenvalue weighted by molar-refractivity contribution is 7.11. The maximum absolute atomic E-state index is 11.7. The van der Waals surface area contributed by atoms with Gasteiger partial charge in [0.15, 0.2) is 0 Å². The summed E-state index contributed by atoms with van der Waals surface area (Å²) in [5.74, 6) is 0.140. The van der Waals surface area contributed by atoms with E-state index in [1.165, 1.54) is 4.88 Å². The molecule has 0 spiro atoms. The van der Waals surface area contributed by atoms with Gasteiger partial charge < -0.3 is 10.6 Å². The smallest absolute Gasteiger partial charge is 0.237 e. The third-order valence-electron chi connectivity index (χ3n) is 3.03. The second-order valence-electron chi connectivity index (χ2n) is 4.43. The molecular weight excluding hydrogens is 305 g/mol. The van der Waals surface area contributed by atoms with Gasteiger partial charge in [-0.15, -0.1) is 36.2 Å². The molecule has 1 atom stereocenters. The van der Waals surface area contributed by atoms with Gasteiger partial charge in [-0.05, 0) is 33.2 Å². The van der Waals surface area contributed by atoms with Crippen LogP contribution in [0.3, 0.4) is 0 Å². The number of thiazole rings is 1. The van der Waals surface area contributed by atoms with Gasteiger partial charge in [0.1, 0.15) is 0 Å². The van der Waals surface area contributed by atoms with Gasteiger partial charge in [-0.3, -0.25) is 4.79 Å². The number of amides is 1. The summed E-state index contributed by atoms with van der Waals surface area (Å²) in [5.41, 5.74) is 1.10. The summed E-state index contributed by atoms with van der Waals surface area (Å²) in [4.78, 5) is 17.4. The summed E-state index contributed by atoms with van der Waals surface area (Å²) in [5, 5.41) is 7.28. The van der Waals surface area contributed by atoms with Gasteiger partial charge in [0.25, 0.3) is 0 Å². The molecule has 1 aromatic rings. The Morgan fingerprint density at radius 1 is 1.47 bits per heavy atom. The minimum atomic E-state index is 0. The monoisotopic (exact) mass is 325 g/mol. The molecule has 0 aliphatic carbocycles. The van der Waals surface area contributed by atoms with E-state index in [4.69, 9.17) is 0 Å². The van der Waals surface area contributed by atoms with Crippen LogP contribution in [0.2, 0.25) is 0 Å². The van der Waals surface area contributed by atoms with Crippen molar-refractivity contribution >= 4 is 42.1 Å². The van der Waals surface area contributed by atoms with E-state index in [2.05, 4.69) is 15.6 Å². The standard InChI is InChI=1S/C12H19N3OS.2ClH/c1-8-11(17-9(2)15-8)5-7-14-12(16)10-4-3-6-13-10;;/h10,13H,3-7H2,1-2H3,(H,14,16);2*1H. The first-order valence-electron chi connectivity index (χ1n) is 6.11. The zero-order valence-corrected chi connectivity index (χ0v) is 13.6. The van der Waals surface area contributed by atoms with E-state index in [-0.39, 0.29) is 36.8 Å². The van der Waals surface area contributed by atoms with Gasteiger partial charge in [-0.2, -0.15) is 0 Å². The molecule has 1 aromatic heterocycles. The van der Waals surface area contributed by atoms with E-state index in [0.29, 0.717) is 6.54 Å². The fourth-order valence-electron chi connectivity index (χ4n) is 2.14. The fraction of sp³-hybridized carbons (Fsp3) is 0.667. The summed E-state index contributed by atoms with van der Waals surface area (Å²) in [6, 6.07) is 0.0271. The zero-order valence-electron chi connectivity index (χ0n) is 11.2. The topological polar surface area (TPSA) is 54.0 Å². The van der Waals surface area contributed by atoms with Gasteiger partial charge in [0, 0.05) is 17.8 Å². The molecule has 4 nitrogen and oxygen atoms in total. The normalized spacial score (nSPS) is 17.5. The summed E-state index contributed by atoms with van der Waals surface area (Å²) in [7, 11) is 0. The van der Waals surface area contributed by atoms with Crippen molar-refractivity contribution in [3.05, 3.63) is 15.6 Å². The lowest BCUT2D eigenvalue weighted by Crippen LogP contribution is -2.41. The number of hydrogen-bond donors (Lipinski definition) is 2. The molecule has 1 aliphatic heterocycles. The average Bonchev–Trinajstić information content (AvgIpc) is 2.89. The Kier molecular flexibility index (Phi) is 8.57. The van der Waals surface area contributed by atoms with Crippen molar-refractivity contribution in [2.45, 2.75) is 39.2 Å². The van der Waals surface area contributed by atoms with E-state index in [1.807, 2.05) is 13.8 Å². The van der Waals surface area contributed by atoms with Crippen LogP contribution in [0, 0.1) is 13.8 Å². The lowest BCUT2D eigenvalue weighted by atomic mass is 10.2. The van der Waals surface area contributed by atoms with Crippen molar-refractivity contribution < 1.29 is 4.79 Å². The van der Waals surface area contributed by atoms with Crippen LogP contribution in [0.4, 0.5) is 0 Å². The Morgan fingerprint density at radius 2 is 2.21 bits per heavy atom. The van der Waals surface area contributed by atoms with Crippen LogP contribution in [0.25, 0.3) is 0 Å². The van der Waals surface area contributed by atoms with Crippen LogP contribution in [-0.4, -0.2) is 30.0 Å². The third kappa shape index (κ3) is 5.26. The van der Waals surface area contributed by atoms with Crippen molar-refractivity contribution in [1.82, 2.24) is 15.6 Å². The third-order valence-corrected chi connectivity index (χ3v) is 4.16. The van der Waals surface area contributed by atoms with E-state index < -0.39 is 0 Å². The quantitative estimate of drug-likeness (QED) is 0.890. The highest BCUT2D eigenvalue weighted by Crippen LogP contribution is 2.17. The zero-order chi connectivity index (χ0) is 12.3. The molecule has 2 N–H and O–H groups in total. The van der Waals surface area contributed by atoms with Crippen molar-refractivity contribution in [2.75, 3.05) is 13.1 Å². The number of aryl methyl sites for hydroxylation is 2. The first-order chi connectivity index (χ1) is 8.16. The number of nitrogens with zero attached hydrogens (tertiary/aromatic N) is 1. The molecule has 0 aromatic carbocycles. The van der Waals surface area contributed by atoms with Crippen LogP contribution in [0.1, 0.15) is 28.4 Å². The summed E-state index contributed by atoms with van der Waals surface area (Å²) in [6.07, 6.45) is 2.95. The second-order valence-corrected chi connectivity index (χ2v) is 5.72. The SMILES string of the molecule is Cc1nc(C)c(CCNC(=O)C2CCCN2)s1.Cl.Cl. The number of hydrogen-bond acceptors (Lipinski definition) is 4. The lowest BCUT2D eigenvalue weighted by Gasteiger charge is -2.10. The Hall–Kier alpha value is -0.360. The molecule has 1 aliphatic rings. The number of aromatic nitrogens is 1. The molecule has 0 radical (unpaired) electrons. The van der Waals surface area contributed by atoms with Crippen molar-refractivity contribution in [3.63, 3.8) is 0 Å². The molecule has 110 valence electrons. The summed E-state index contributed by atoms with van der Waals surface area (Å²) >= 11 is 1.72. The van der Waals surface area contributed by atoms with Crippen LogP contribution < -0.4 is 10.6 Å². The Morgan fingerprint density at radius 3 is 2.74 bits per heavy atom. The highest BCUT2D eigenvalue weighted by Gasteiger charge is 2.21. The molecule has 0 bridgehead atoms. The van der Waals surface area contributed by atoms with E-state index in [9.17, 15) is 4.79 Å². The summed E-state index contributed by atoms with van der Waals surface area (Å²) < 4.78 is 0. The minimum absolute atomic E-state index is 0. The molecule has 1 fully saturated rings. The van der Waals surface area contributed by atoms with Crippen LogP contribution in [0.5, 0.6) is 0 Å². The van der Waals surface area contributed by atoms with Gasteiger partial charge in [-0.25, -0.2) is 4.98 Å². The molecule has 0 saturated carbocycles. The first-order valence-corrected chi connectivity index (χ1v) is 6.92. The molecule has 2 heterocycles. The van der Waals surface area contributed by atoms with Gasteiger partial charge in [0.05, 0.1) is 16.7 Å². The van der Waals surface area contributed by atoms with E-state index in [1.54, 1.807) is 11.3 Å². The molecule has 1 unspecified atom stereocenters.